The Hall–Kier alpha value is 1.97. The minimum absolute atomic E-state index is 0. The van der Waals surface area contributed by atoms with Gasteiger partial charge in [-0.05, 0) is 0 Å². The Morgan fingerprint density at radius 2 is 0.750 bits per heavy atom. The van der Waals surface area contributed by atoms with E-state index in [4.69, 9.17) is 0 Å². The van der Waals surface area contributed by atoms with E-state index >= 15 is 0 Å². The molecular weight excluding hydrogens is 430 g/mol. The summed E-state index contributed by atoms with van der Waals surface area (Å²) in [5.74, 6) is 0. The van der Waals surface area contributed by atoms with Crippen molar-refractivity contribution in [2.45, 2.75) is 0 Å². The van der Waals surface area contributed by atoms with Gasteiger partial charge in [-0.15, -0.1) is 0 Å². The van der Waals surface area contributed by atoms with Gasteiger partial charge < -0.3 is 5.48 Å². The fraction of sp³-hybridized carbons (Fsp3) is 0. The van der Waals surface area contributed by atoms with Crippen molar-refractivity contribution in [3.05, 3.63) is 0 Å². The molecule has 0 aromatic heterocycles. The Labute approximate surface area is 67.0 Å². The first-order valence-electron chi connectivity index (χ1n) is 0. The first-order chi connectivity index (χ1) is 0. The van der Waals surface area contributed by atoms with Crippen molar-refractivity contribution in [3.63, 3.8) is 0 Å². The van der Waals surface area contributed by atoms with Gasteiger partial charge in [-0.25, -0.2) is 0 Å². The molecule has 0 atom stereocenters. The van der Waals surface area contributed by atoms with Gasteiger partial charge in [0.2, 0.25) is 0 Å². The van der Waals surface area contributed by atoms with Crippen molar-refractivity contribution >= 4 is 0 Å². The van der Waals surface area contributed by atoms with E-state index in [2.05, 4.69) is 0 Å². The van der Waals surface area contributed by atoms with Gasteiger partial charge in [-0.2, -0.15) is 0 Å². The van der Waals surface area contributed by atoms with E-state index in [1.807, 2.05) is 0 Å². The number of hydrogen-bond acceptors (Lipinski definition) is 0. The van der Waals surface area contributed by atoms with E-state index in [0.29, 0.717) is 0 Å². The molecule has 0 aromatic carbocycles. The molecule has 11 valence electrons. The molecule has 1 radical (unpaired) electrons. The van der Waals surface area contributed by atoms with Crippen LogP contribution >= 0.6 is 0 Å². The quantitative estimate of drug-likeness (QED) is 0.513. The Morgan fingerprint density at radius 1 is 0.750 bits per heavy atom. The van der Waals surface area contributed by atoms with E-state index in [0.717, 1.165) is 0 Å². The van der Waals surface area contributed by atoms with Gasteiger partial charge >= 0.3 is 62.1 Å². The number of hydrogen-bond donors (Lipinski definition) is 0. The van der Waals surface area contributed by atoms with Crippen molar-refractivity contribution in [3.8, 4) is 0 Å². The first-order valence-corrected chi connectivity index (χ1v) is 0. The van der Waals surface area contributed by atoms with Crippen LogP contribution in [0.4, 0.5) is 0 Å². The van der Waals surface area contributed by atoms with Crippen LogP contribution < -0.4 is 0 Å². The van der Waals surface area contributed by atoms with Crippen molar-refractivity contribution < 1.29 is 67.6 Å². The van der Waals surface area contributed by atoms with Crippen LogP contribution in [0.3, 0.4) is 0 Å². The van der Waals surface area contributed by atoms with Crippen LogP contribution in [-0.2, 0) is 67.6 Å². The molecule has 0 spiro atoms. The molecule has 0 fully saturated rings. The SMILES string of the molecule is [Cr+3].[O-2].[Ta+5].[Ta+5]. The van der Waals surface area contributed by atoms with Crippen LogP contribution in [0.5, 0.6) is 0 Å². The van der Waals surface area contributed by atoms with Gasteiger partial charge in [0.1, 0.15) is 0 Å². The minimum atomic E-state index is 0. The predicted molar refractivity (Wildman–Crippen MR) is 0.686 cm³/mol. The normalized spacial score (nSPS) is 0. The van der Waals surface area contributed by atoms with Crippen LogP contribution in [-0.4, -0.2) is 0 Å². The third-order valence-corrected chi connectivity index (χ3v) is 0. The van der Waals surface area contributed by atoms with Crippen LogP contribution in [0.25, 0.3) is 0 Å². The Bertz CT molecular complexity index is 6.00. The second kappa shape index (κ2) is 20.2. The molecule has 0 amide bonds. The zero-order chi connectivity index (χ0) is 0. The van der Waals surface area contributed by atoms with Gasteiger partial charge in [0, 0.05) is 0 Å². The molecule has 0 bridgehead atoms. The maximum Gasteiger partial charge on any atom is 5.00 e. The third kappa shape index (κ3) is 9.02. The first kappa shape index (κ1) is 37.9. The molecule has 0 aromatic rings. The molecule has 0 aliphatic heterocycles. The maximum atomic E-state index is 0. The largest absolute Gasteiger partial charge is 5.00 e. The van der Waals surface area contributed by atoms with Crippen molar-refractivity contribution in [2.75, 3.05) is 0 Å². The zero-order valence-corrected chi connectivity index (χ0v) is 9.41. The van der Waals surface area contributed by atoms with Crippen LogP contribution in [0.1, 0.15) is 0 Å². The van der Waals surface area contributed by atoms with Crippen molar-refractivity contribution in [1.82, 2.24) is 0 Å². The van der Waals surface area contributed by atoms with Gasteiger partial charge in [0.25, 0.3) is 0 Å². The summed E-state index contributed by atoms with van der Waals surface area (Å²) in [7, 11) is 0. The molecule has 0 rings (SSSR count). The standard InChI is InChI=1S/Cr.O.2Ta/q+3;-2;2*+5. The van der Waals surface area contributed by atoms with Crippen molar-refractivity contribution in [2.24, 2.45) is 0 Å². The minimum Gasteiger partial charge on any atom is -2.00 e. The summed E-state index contributed by atoms with van der Waals surface area (Å²) >= 11 is 0. The van der Waals surface area contributed by atoms with E-state index in [-0.39, 0.29) is 67.6 Å². The summed E-state index contributed by atoms with van der Waals surface area (Å²) in [6, 6.07) is 0. The third-order valence-electron chi connectivity index (χ3n) is 0. The van der Waals surface area contributed by atoms with Crippen molar-refractivity contribution in [1.29, 1.82) is 0 Å². The Balaban J connectivity index is 0. The zero-order valence-electron chi connectivity index (χ0n) is 1.71. The van der Waals surface area contributed by atoms with Gasteiger partial charge in [0.05, 0.1) is 0 Å². The molecule has 0 heterocycles. The van der Waals surface area contributed by atoms with E-state index in [1.54, 1.807) is 0 Å². The van der Waals surface area contributed by atoms with Gasteiger partial charge in [-0.1, -0.05) is 0 Å². The van der Waals surface area contributed by atoms with Crippen LogP contribution in [0.2, 0.25) is 0 Å². The summed E-state index contributed by atoms with van der Waals surface area (Å²) in [6.07, 6.45) is 0. The topological polar surface area (TPSA) is 28.5 Å². The average Bonchev–Trinajstić information content (AvgIpc) is 0. The van der Waals surface area contributed by atoms with E-state index < -0.39 is 0 Å². The maximum absolute atomic E-state index is 0. The van der Waals surface area contributed by atoms with Gasteiger partial charge in [-0.3, -0.25) is 0 Å². The van der Waals surface area contributed by atoms with Crippen LogP contribution in [0.15, 0.2) is 0 Å². The average molecular weight is 430 g/mol. The fourth-order valence-electron chi connectivity index (χ4n) is 0. The molecule has 1 nitrogen and oxygen atoms in total. The number of rotatable bonds is 0. The monoisotopic (exact) mass is 430 g/mol. The molecule has 0 unspecified atom stereocenters. The molecular formula is CrOTa2+11. The molecule has 0 N–H and O–H groups in total. The summed E-state index contributed by atoms with van der Waals surface area (Å²) in [4.78, 5) is 0. The van der Waals surface area contributed by atoms with Crippen LogP contribution in [0, 0.1) is 0 Å². The second-order valence-electron chi connectivity index (χ2n) is 0. The summed E-state index contributed by atoms with van der Waals surface area (Å²) in [5.41, 5.74) is 0. The summed E-state index contributed by atoms with van der Waals surface area (Å²) in [5, 5.41) is 0. The summed E-state index contributed by atoms with van der Waals surface area (Å²) in [6.45, 7) is 0. The molecule has 0 saturated carbocycles. The Morgan fingerprint density at radius 3 is 0.750 bits per heavy atom. The molecule has 4 heavy (non-hydrogen) atoms. The fourth-order valence-corrected chi connectivity index (χ4v) is 0. The van der Waals surface area contributed by atoms with E-state index in [1.165, 1.54) is 0 Å². The van der Waals surface area contributed by atoms with Gasteiger partial charge in [0.15, 0.2) is 0 Å². The van der Waals surface area contributed by atoms with E-state index in [9.17, 15) is 0 Å². The second-order valence-corrected chi connectivity index (χ2v) is 0. The predicted octanol–water partition coefficient (Wildman–Crippen LogP) is -0.126. The smallest absolute Gasteiger partial charge is 2.00 e. The molecule has 0 aliphatic rings. The molecule has 0 saturated heterocycles. The Kier molecular flexibility index (Phi) is 191. The molecule has 0 aliphatic carbocycles. The summed E-state index contributed by atoms with van der Waals surface area (Å²) < 4.78 is 0. The molecule has 4 heteroatoms.